The fourth-order valence-electron chi connectivity index (χ4n) is 2.53. The lowest BCUT2D eigenvalue weighted by Gasteiger charge is -2.22. The third kappa shape index (κ3) is 1.58. The van der Waals surface area contributed by atoms with Crippen LogP contribution in [0.2, 0.25) is 0 Å². The average molecular weight is 257 g/mol. The van der Waals surface area contributed by atoms with Crippen LogP contribution in [-0.2, 0) is 16.9 Å². The molecule has 0 saturated heterocycles. The minimum atomic E-state index is -1.65. The molecule has 1 aromatic carbocycles. The van der Waals surface area contributed by atoms with Crippen LogP contribution in [0, 0.1) is 0 Å². The number of aromatic nitrogens is 2. The van der Waals surface area contributed by atoms with E-state index in [9.17, 15) is 9.90 Å². The van der Waals surface area contributed by atoms with Gasteiger partial charge in [-0.25, -0.2) is 0 Å². The summed E-state index contributed by atoms with van der Waals surface area (Å²) in [6.45, 7) is 2.69. The minimum absolute atomic E-state index is 0.424. The van der Waals surface area contributed by atoms with Gasteiger partial charge in [0.1, 0.15) is 0 Å². The van der Waals surface area contributed by atoms with E-state index in [1.165, 1.54) is 0 Å². The van der Waals surface area contributed by atoms with Crippen molar-refractivity contribution in [2.24, 2.45) is 0 Å². The predicted molar refractivity (Wildman–Crippen MR) is 70.6 cm³/mol. The second-order valence-corrected chi connectivity index (χ2v) is 4.65. The maximum Gasteiger partial charge on any atom is 0.267 e. The average Bonchev–Trinajstić information content (AvgIpc) is 2.96. The molecule has 2 N–H and O–H groups in total. The van der Waals surface area contributed by atoms with Crippen LogP contribution in [0.15, 0.2) is 36.5 Å². The molecule has 0 bridgehead atoms. The largest absolute Gasteiger partial charge is 0.371 e. The number of aliphatic hydroxyl groups is 1. The summed E-state index contributed by atoms with van der Waals surface area (Å²) >= 11 is 0. The van der Waals surface area contributed by atoms with E-state index in [2.05, 4.69) is 10.4 Å². The zero-order valence-corrected chi connectivity index (χ0v) is 10.6. The number of rotatable bonds is 3. The Labute approximate surface area is 110 Å². The van der Waals surface area contributed by atoms with E-state index < -0.39 is 11.5 Å². The lowest BCUT2D eigenvalue weighted by atomic mass is 9.91. The summed E-state index contributed by atoms with van der Waals surface area (Å²) in [4.78, 5) is 12.2. The Bertz CT molecular complexity index is 635. The van der Waals surface area contributed by atoms with Crippen LogP contribution < -0.4 is 5.32 Å². The van der Waals surface area contributed by atoms with Crippen LogP contribution in [0.1, 0.15) is 24.6 Å². The molecule has 0 saturated carbocycles. The van der Waals surface area contributed by atoms with Gasteiger partial charge in [0, 0.05) is 24.0 Å². The minimum Gasteiger partial charge on any atom is -0.371 e. The van der Waals surface area contributed by atoms with Crippen LogP contribution in [0.3, 0.4) is 0 Å². The molecule has 1 unspecified atom stereocenters. The molecule has 1 amide bonds. The fraction of sp³-hybridized carbons (Fsp3) is 0.286. The number of hydrogen-bond donors (Lipinski definition) is 2. The normalized spacial score (nSPS) is 21.3. The third-order valence-electron chi connectivity index (χ3n) is 3.42. The highest BCUT2D eigenvalue weighted by atomic mass is 16.3. The smallest absolute Gasteiger partial charge is 0.267 e. The van der Waals surface area contributed by atoms with E-state index in [4.69, 9.17) is 0 Å². The van der Waals surface area contributed by atoms with E-state index in [-0.39, 0.29) is 0 Å². The molecule has 0 aliphatic carbocycles. The van der Waals surface area contributed by atoms with Gasteiger partial charge in [0.15, 0.2) is 0 Å². The van der Waals surface area contributed by atoms with Crippen LogP contribution in [-0.4, -0.2) is 20.8 Å². The SMILES string of the molecule is CCCn1nccc1C1(O)C(=O)Nc2ccccc21. The van der Waals surface area contributed by atoms with Crippen molar-refractivity contribution in [1.29, 1.82) is 0 Å². The molecule has 0 fully saturated rings. The highest BCUT2D eigenvalue weighted by Crippen LogP contribution is 2.40. The van der Waals surface area contributed by atoms with Crippen LogP contribution in [0.5, 0.6) is 0 Å². The maximum atomic E-state index is 12.2. The number of nitrogens with one attached hydrogen (secondary N) is 1. The molecule has 19 heavy (non-hydrogen) atoms. The van der Waals surface area contributed by atoms with E-state index in [1.807, 2.05) is 19.1 Å². The summed E-state index contributed by atoms with van der Waals surface area (Å²) in [7, 11) is 0. The molecule has 1 aliphatic heterocycles. The molecule has 3 rings (SSSR count). The van der Waals surface area contributed by atoms with E-state index >= 15 is 0 Å². The van der Waals surface area contributed by atoms with E-state index in [0.29, 0.717) is 23.5 Å². The summed E-state index contributed by atoms with van der Waals surface area (Å²) < 4.78 is 1.68. The zero-order valence-electron chi connectivity index (χ0n) is 10.6. The second kappa shape index (κ2) is 4.20. The molecule has 1 aromatic heterocycles. The highest BCUT2D eigenvalue weighted by Gasteiger charge is 2.48. The number of fused-ring (bicyclic) bond motifs is 1. The lowest BCUT2D eigenvalue weighted by molar-refractivity contribution is -0.130. The van der Waals surface area contributed by atoms with Crippen molar-refractivity contribution in [1.82, 2.24) is 9.78 Å². The number of amides is 1. The summed E-state index contributed by atoms with van der Waals surface area (Å²) in [5.41, 5.74) is 0.0938. The van der Waals surface area contributed by atoms with Crippen molar-refractivity contribution >= 4 is 11.6 Å². The lowest BCUT2D eigenvalue weighted by Crippen LogP contribution is -2.37. The number of aryl methyl sites for hydroxylation is 1. The standard InChI is InChI=1S/C14H15N3O2/c1-2-9-17-12(7-8-15-17)14(19)10-5-3-4-6-11(10)16-13(14)18/h3-8,19H,2,9H2,1H3,(H,16,18). The van der Waals surface area contributed by atoms with Gasteiger partial charge in [-0.15, -0.1) is 0 Å². The van der Waals surface area contributed by atoms with Crippen LogP contribution in [0.25, 0.3) is 0 Å². The predicted octanol–water partition coefficient (Wildman–Crippen LogP) is 1.48. The van der Waals surface area contributed by atoms with Crippen LogP contribution >= 0.6 is 0 Å². The Morgan fingerprint density at radius 1 is 1.37 bits per heavy atom. The number of carbonyl (C=O) groups is 1. The summed E-state index contributed by atoms with van der Waals surface area (Å²) in [5, 5.41) is 17.8. The molecule has 5 nitrogen and oxygen atoms in total. The van der Waals surface area contributed by atoms with E-state index in [0.717, 1.165) is 6.42 Å². The van der Waals surface area contributed by atoms with Gasteiger partial charge >= 0.3 is 0 Å². The molecule has 5 heteroatoms. The Morgan fingerprint density at radius 3 is 2.95 bits per heavy atom. The molecular weight excluding hydrogens is 242 g/mol. The Balaban J connectivity index is 2.17. The molecular formula is C14H15N3O2. The first-order valence-corrected chi connectivity index (χ1v) is 6.33. The summed E-state index contributed by atoms with van der Waals surface area (Å²) in [6, 6.07) is 8.87. The topological polar surface area (TPSA) is 67.1 Å². The monoisotopic (exact) mass is 257 g/mol. The molecule has 2 heterocycles. The Kier molecular flexibility index (Phi) is 2.64. The molecule has 0 radical (unpaired) electrons. The van der Waals surface area contributed by atoms with Crippen molar-refractivity contribution < 1.29 is 9.90 Å². The summed E-state index contributed by atoms with van der Waals surface area (Å²) in [6.07, 6.45) is 2.49. The highest BCUT2D eigenvalue weighted by molar-refractivity contribution is 6.06. The molecule has 98 valence electrons. The fourth-order valence-corrected chi connectivity index (χ4v) is 2.53. The molecule has 2 aromatic rings. The Hall–Kier alpha value is -2.14. The number of anilines is 1. The van der Waals surface area contributed by atoms with Gasteiger partial charge < -0.3 is 10.4 Å². The van der Waals surface area contributed by atoms with Crippen LogP contribution in [0.4, 0.5) is 5.69 Å². The van der Waals surface area contributed by atoms with Crippen molar-refractivity contribution in [2.45, 2.75) is 25.5 Å². The van der Waals surface area contributed by atoms with Gasteiger partial charge in [0.2, 0.25) is 5.60 Å². The number of carbonyl (C=O) groups excluding carboxylic acids is 1. The first-order valence-electron chi connectivity index (χ1n) is 6.33. The Morgan fingerprint density at radius 2 is 2.16 bits per heavy atom. The first kappa shape index (κ1) is 11.9. The van der Waals surface area contributed by atoms with Gasteiger partial charge in [-0.3, -0.25) is 9.48 Å². The van der Waals surface area contributed by atoms with Gasteiger partial charge in [-0.1, -0.05) is 25.1 Å². The second-order valence-electron chi connectivity index (χ2n) is 4.65. The van der Waals surface area contributed by atoms with E-state index in [1.54, 1.807) is 29.1 Å². The van der Waals surface area contributed by atoms with Crippen molar-refractivity contribution in [2.75, 3.05) is 5.32 Å². The molecule has 1 aliphatic rings. The quantitative estimate of drug-likeness (QED) is 0.875. The number of hydrogen-bond acceptors (Lipinski definition) is 3. The zero-order chi connectivity index (χ0) is 13.5. The van der Waals surface area contributed by atoms with Crippen molar-refractivity contribution in [3.63, 3.8) is 0 Å². The number of para-hydroxylation sites is 1. The molecule has 0 spiro atoms. The van der Waals surface area contributed by atoms with Crippen molar-refractivity contribution in [3.8, 4) is 0 Å². The molecule has 1 atom stereocenters. The number of benzene rings is 1. The summed E-state index contributed by atoms with van der Waals surface area (Å²) in [5.74, 6) is -0.424. The first-order chi connectivity index (χ1) is 9.17. The number of nitrogens with zero attached hydrogens (tertiary/aromatic N) is 2. The third-order valence-corrected chi connectivity index (χ3v) is 3.42. The van der Waals surface area contributed by atoms with Gasteiger partial charge in [-0.05, 0) is 18.6 Å². The van der Waals surface area contributed by atoms with Gasteiger partial charge in [0.05, 0.1) is 5.69 Å². The van der Waals surface area contributed by atoms with Gasteiger partial charge in [-0.2, -0.15) is 5.10 Å². The van der Waals surface area contributed by atoms with Crippen molar-refractivity contribution in [3.05, 3.63) is 47.8 Å². The van der Waals surface area contributed by atoms with Gasteiger partial charge in [0.25, 0.3) is 5.91 Å². The maximum absolute atomic E-state index is 12.2.